The SMILES string of the molecule is CC(C)CCNC1CCN(C(N)=O)CC1. The molecule has 0 radical (unpaired) electrons. The Morgan fingerprint density at radius 1 is 1.47 bits per heavy atom. The zero-order valence-corrected chi connectivity index (χ0v) is 9.83. The highest BCUT2D eigenvalue weighted by molar-refractivity contribution is 5.72. The third-order valence-corrected chi connectivity index (χ3v) is 2.96. The summed E-state index contributed by atoms with van der Waals surface area (Å²) in [5.74, 6) is 0.753. The van der Waals surface area contributed by atoms with Gasteiger partial charge in [0.05, 0.1) is 0 Å². The summed E-state index contributed by atoms with van der Waals surface area (Å²) in [6, 6.07) is 0.287. The molecule has 4 nitrogen and oxygen atoms in total. The maximum atomic E-state index is 10.9. The van der Waals surface area contributed by atoms with Gasteiger partial charge in [-0.15, -0.1) is 0 Å². The van der Waals surface area contributed by atoms with Gasteiger partial charge in [0.25, 0.3) is 0 Å². The number of nitrogens with one attached hydrogen (secondary N) is 1. The van der Waals surface area contributed by atoms with Gasteiger partial charge < -0.3 is 16.0 Å². The van der Waals surface area contributed by atoms with Gasteiger partial charge in [-0.25, -0.2) is 4.79 Å². The normalized spacial score (nSPS) is 18.5. The molecule has 0 atom stereocenters. The molecular weight excluding hydrogens is 190 g/mol. The Morgan fingerprint density at radius 3 is 2.53 bits per heavy atom. The van der Waals surface area contributed by atoms with Gasteiger partial charge in [0.15, 0.2) is 0 Å². The second-order valence-corrected chi connectivity index (χ2v) is 4.74. The van der Waals surface area contributed by atoms with E-state index < -0.39 is 0 Å². The number of primary amides is 1. The standard InChI is InChI=1S/C11H23N3O/c1-9(2)3-6-13-10-4-7-14(8-5-10)11(12)15/h9-10,13H,3-8H2,1-2H3,(H2,12,15). The van der Waals surface area contributed by atoms with Crippen molar-refractivity contribution in [2.24, 2.45) is 11.7 Å². The second kappa shape index (κ2) is 5.95. The van der Waals surface area contributed by atoms with Crippen LogP contribution in [0.25, 0.3) is 0 Å². The first kappa shape index (κ1) is 12.3. The highest BCUT2D eigenvalue weighted by Gasteiger charge is 2.20. The third-order valence-electron chi connectivity index (χ3n) is 2.96. The molecule has 15 heavy (non-hydrogen) atoms. The van der Waals surface area contributed by atoms with Gasteiger partial charge >= 0.3 is 6.03 Å². The Kier molecular flexibility index (Phi) is 4.88. The molecule has 0 unspecified atom stereocenters. The zero-order chi connectivity index (χ0) is 11.3. The van der Waals surface area contributed by atoms with Gasteiger partial charge in [0.2, 0.25) is 0 Å². The Balaban J connectivity index is 2.12. The van der Waals surface area contributed by atoms with Crippen molar-refractivity contribution in [1.29, 1.82) is 0 Å². The van der Waals surface area contributed by atoms with Crippen LogP contribution >= 0.6 is 0 Å². The lowest BCUT2D eigenvalue weighted by Gasteiger charge is -2.31. The van der Waals surface area contributed by atoms with Gasteiger partial charge in [0, 0.05) is 19.1 Å². The Hall–Kier alpha value is -0.770. The molecular formula is C11H23N3O. The average Bonchev–Trinajstić information content (AvgIpc) is 2.18. The number of hydrogen-bond acceptors (Lipinski definition) is 2. The van der Waals surface area contributed by atoms with E-state index in [2.05, 4.69) is 19.2 Å². The molecule has 1 aliphatic rings. The molecule has 1 heterocycles. The molecule has 0 aromatic carbocycles. The Labute approximate surface area is 92.2 Å². The first-order valence-electron chi connectivity index (χ1n) is 5.87. The van der Waals surface area contributed by atoms with E-state index in [-0.39, 0.29) is 6.03 Å². The number of carbonyl (C=O) groups excluding carboxylic acids is 1. The number of carbonyl (C=O) groups is 1. The van der Waals surface area contributed by atoms with Crippen LogP contribution in [-0.2, 0) is 0 Å². The number of likely N-dealkylation sites (tertiary alicyclic amines) is 1. The smallest absolute Gasteiger partial charge is 0.314 e. The summed E-state index contributed by atoms with van der Waals surface area (Å²) in [5.41, 5.74) is 5.22. The molecule has 1 fully saturated rings. The topological polar surface area (TPSA) is 58.4 Å². The first-order chi connectivity index (χ1) is 7.09. The van der Waals surface area contributed by atoms with Crippen LogP contribution in [0.3, 0.4) is 0 Å². The summed E-state index contributed by atoms with van der Waals surface area (Å²) in [6.45, 7) is 7.15. The van der Waals surface area contributed by atoms with Crippen molar-refractivity contribution >= 4 is 6.03 Å². The third kappa shape index (κ3) is 4.51. The Morgan fingerprint density at radius 2 is 2.07 bits per heavy atom. The highest BCUT2D eigenvalue weighted by atomic mass is 16.2. The fraction of sp³-hybridized carbons (Fsp3) is 0.909. The van der Waals surface area contributed by atoms with Crippen molar-refractivity contribution in [1.82, 2.24) is 10.2 Å². The fourth-order valence-electron chi connectivity index (χ4n) is 1.88. The molecule has 0 spiro atoms. The number of amides is 2. The summed E-state index contributed by atoms with van der Waals surface area (Å²) in [6.07, 6.45) is 3.28. The van der Waals surface area contributed by atoms with E-state index in [0.717, 1.165) is 38.4 Å². The minimum Gasteiger partial charge on any atom is -0.351 e. The zero-order valence-electron chi connectivity index (χ0n) is 9.83. The lowest BCUT2D eigenvalue weighted by Crippen LogP contribution is -2.47. The molecule has 1 saturated heterocycles. The molecule has 0 aromatic heterocycles. The number of rotatable bonds is 4. The highest BCUT2D eigenvalue weighted by Crippen LogP contribution is 2.10. The number of hydrogen-bond donors (Lipinski definition) is 2. The van der Waals surface area contributed by atoms with E-state index in [1.807, 2.05) is 0 Å². The predicted molar refractivity (Wildman–Crippen MR) is 61.6 cm³/mol. The molecule has 1 rings (SSSR count). The molecule has 0 saturated carbocycles. The van der Waals surface area contributed by atoms with Crippen LogP contribution in [0, 0.1) is 5.92 Å². The summed E-state index contributed by atoms with van der Waals surface area (Å²) >= 11 is 0. The predicted octanol–water partition coefficient (Wildman–Crippen LogP) is 1.17. The van der Waals surface area contributed by atoms with Crippen molar-refractivity contribution in [3.8, 4) is 0 Å². The average molecular weight is 213 g/mol. The summed E-state index contributed by atoms with van der Waals surface area (Å²) < 4.78 is 0. The van der Waals surface area contributed by atoms with Crippen molar-refractivity contribution < 1.29 is 4.79 Å². The van der Waals surface area contributed by atoms with Crippen LogP contribution in [0.1, 0.15) is 33.1 Å². The molecule has 2 amide bonds. The number of nitrogens with two attached hydrogens (primary N) is 1. The first-order valence-corrected chi connectivity index (χ1v) is 5.87. The minimum atomic E-state index is -0.282. The van der Waals surface area contributed by atoms with E-state index in [1.165, 1.54) is 6.42 Å². The van der Waals surface area contributed by atoms with Crippen LogP contribution in [-0.4, -0.2) is 36.6 Å². The lowest BCUT2D eigenvalue weighted by molar-refractivity contribution is 0.185. The van der Waals surface area contributed by atoms with Crippen LogP contribution in [0.15, 0.2) is 0 Å². The van der Waals surface area contributed by atoms with E-state index in [4.69, 9.17) is 5.73 Å². The lowest BCUT2D eigenvalue weighted by atomic mass is 10.0. The minimum absolute atomic E-state index is 0.282. The quantitative estimate of drug-likeness (QED) is 0.736. The van der Waals surface area contributed by atoms with Gasteiger partial charge in [-0.05, 0) is 31.7 Å². The van der Waals surface area contributed by atoms with E-state index >= 15 is 0 Å². The molecule has 1 aliphatic heterocycles. The summed E-state index contributed by atoms with van der Waals surface area (Å²) in [5, 5.41) is 3.53. The van der Waals surface area contributed by atoms with Crippen molar-refractivity contribution in [2.75, 3.05) is 19.6 Å². The molecule has 3 N–H and O–H groups in total. The largest absolute Gasteiger partial charge is 0.351 e. The van der Waals surface area contributed by atoms with Gasteiger partial charge in [-0.1, -0.05) is 13.8 Å². The van der Waals surface area contributed by atoms with E-state index in [1.54, 1.807) is 4.90 Å². The second-order valence-electron chi connectivity index (χ2n) is 4.74. The van der Waals surface area contributed by atoms with Crippen molar-refractivity contribution in [2.45, 2.75) is 39.2 Å². The molecule has 0 aromatic rings. The van der Waals surface area contributed by atoms with Crippen molar-refractivity contribution in [3.05, 3.63) is 0 Å². The van der Waals surface area contributed by atoms with Gasteiger partial charge in [-0.2, -0.15) is 0 Å². The van der Waals surface area contributed by atoms with Crippen molar-refractivity contribution in [3.63, 3.8) is 0 Å². The van der Waals surface area contributed by atoms with E-state index in [0.29, 0.717) is 6.04 Å². The fourth-order valence-corrected chi connectivity index (χ4v) is 1.88. The van der Waals surface area contributed by atoms with Crippen LogP contribution in [0.4, 0.5) is 4.79 Å². The molecule has 0 aliphatic carbocycles. The molecule has 4 heteroatoms. The van der Waals surface area contributed by atoms with E-state index in [9.17, 15) is 4.79 Å². The van der Waals surface area contributed by atoms with Crippen LogP contribution in [0.2, 0.25) is 0 Å². The molecule has 0 bridgehead atoms. The monoisotopic (exact) mass is 213 g/mol. The van der Waals surface area contributed by atoms with Crippen LogP contribution < -0.4 is 11.1 Å². The Bertz CT molecular complexity index is 198. The van der Waals surface area contributed by atoms with Gasteiger partial charge in [-0.3, -0.25) is 0 Å². The maximum Gasteiger partial charge on any atom is 0.314 e. The number of nitrogens with zero attached hydrogens (tertiary/aromatic N) is 1. The number of piperidine rings is 1. The molecule has 88 valence electrons. The summed E-state index contributed by atoms with van der Waals surface area (Å²) in [4.78, 5) is 12.6. The number of urea groups is 1. The van der Waals surface area contributed by atoms with Gasteiger partial charge in [0.1, 0.15) is 0 Å². The van der Waals surface area contributed by atoms with Crippen LogP contribution in [0.5, 0.6) is 0 Å². The maximum absolute atomic E-state index is 10.9. The summed E-state index contributed by atoms with van der Waals surface area (Å²) in [7, 11) is 0.